The molecule has 3 nitrogen and oxygen atoms in total. The Balaban J connectivity index is 2.20. The second-order valence-corrected chi connectivity index (χ2v) is 7.88. The lowest BCUT2D eigenvalue weighted by Gasteiger charge is -2.19. The third-order valence-electron chi connectivity index (χ3n) is 3.27. The van der Waals surface area contributed by atoms with Crippen molar-refractivity contribution in [2.75, 3.05) is 0 Å². The lowest BCUT2D eigenvalue weighted by Crippen LogP contribution is -2.26. The van der Waals surface area contributed by atoms with Crippen LogP contribution in [0.2, 0.25) is 0 Å². The topological polar surface area (TPSA) is 59.2 Å². The average molecular weight is 274 g/mol. The van der Waals surface area contributed by atoms with Crippen LogP contribution in [-0.4, -0.2) is 15.5 Å². The first kappa shape index (κ1) is 14.1. The van der Waals surface area contributed by atoms with E-state index in [1.165, 1.54) is 0 Å². The van der Waals surface area contributed by atoms with Crippen molar-refractivity contribution in [2.24, 2.45) is 4.40 Å². The highest BCUT2D eigenvalue weighted by Crippen LogP contribution is 2.47. The normalized spacial score (nSPS) is 19.1. The average Bonchev–Trinajstić information content (AvgIpc) is 3.16. The zero-order chi connectivity index (χ0) is 14.1. The molecule has 0 N–H and O–H groups in total. The van der Waals surface area contributed by atoms with Crippen LogP contribution in [0.5, 0.6) is 0 Å². The summed E-state index contributed by atoms with van der Waals surface area (Å²) in [6.45, 7) is 5.74. The Morgan fingerprint density at radius 2 is 2.11 bits per heavy atom. The highest BCUT2D eigenvalue weighted by molar-refractivity contribution is 7.91. The van der Waals surface area contributed by atoms with Gasteiger partial charge in [-0.3, -0.25) is 0 Å². The Morgan fingerprint density at radius 3 is 2.63 bits per heavy atom. The minimum absolute atomic E-state index is 0.103. The Labute approximate surface area is 117 Å². The Kier molecular flexibility index (Phi) is 3.71. The zero-order valence-corrected chi connectivity index (χ0v) is 12.3. The van der Waals surface area contributed by atoms with Crippen molar-refractivity contribution >= 4 is 17.6 Å². The highest BCUT2D eigenvalue weighted by atomic mass is 32.2. The van der Waals surface area contributed by atoms with E-state index in [1.54, 1.807) is 6.07 Å². The zero-order valence-electron chi connectivity index (χ0n) is 11.5. The fraction of sp³-hybridized carbons (Fsp3) is 0.467. The number of rotatable bonds is 3. The minimum Gasteiger partial charge on any atom is -0.591 e. The Morgan fingerprint density at radius 1 is 1.42 bits per heavy atom. The van der Waals surface area contributed by atoms with Gasteiger partial charge in [0.25, 0.3) is 0 Å². The molecule has 1 aromatic rings. The van der Waals surface area contributed by atoms with Crippen molar-refractivity contribution < 1.29 is 4.55 Å². The molecule has 1 unspecified atom stereocenters. The fourth-order valence-corrected chi connectivity index (χ4v) is 2.45. The van der Waals surface area contributed by atoms with Crippen molar-refractivity contribution in [3.63, 3.8) is 0 Å². The third kappa shape index (κ3) is 3.17. The van der Waals surface area contributed by atoms with Crippen LogP contribution in [0.15, 0.2) is 28.7 Å². The Bertz CT molecular complexity index is 536. The van der Waals surface area contributed by atoms with Crippen LogP contribution >= 0.6 is 0 Å². The van der Waals surface area contributed by atoms with E-state index in [1.807, 2.05) is 45.2 Å². The van der Waals surface area contributed by atoms with Crippen molar-refractivity contribution in [3.05, 3.63) is 35.4 Å². The largest absolute Gasteiger partial charge is 0.591 e. The molecule has 1 aromatic carbocycles. The molecule has 0 radical (unpaired) electrons. The van der Waals surface area contributed by atoms with Gasteiger partial charge in [-0.05, 0) is 51.3 Å². The summed E-state index contributed by atoms with van der Waals surface area (Å²) in [5.74, 6) is 0. The number of hydrogen-bond acceptors (Lipinski definition) is 3. The molecule has 1 saturated carbocycles. The second-order valence-electron chi connectivity index (χ2n) is 5.94. The molecule has 0 bridgehead atoms. The van der Waals surface area contributed by atoms with E-state index >= 15 is 0 Å². The summed E-state index contributed by atoms with van der Waals surface area (Å²) in [4.78, 5) is 0. The molecule has 0 aliphatic heterocycles. The van der Waals surface area contributed by atoms with Gasteiger partial charge in [0.15, 0.2) is 0 Å². The molecule has 0 spiro atoms. The molecule has 2 rings (SSSR count). The Hall–Kier alpha value is -1.31. The van der Waals surface area contributed by atoms with Crippen molar-refractivity contribution in [1.82, 2.24) is 0 Å². The summed E-state index contributed by atoms with van der Waals surface area (Å²) in [5, 5.41) is 8.94. The molecule has 100 valence electrons. The highest BCUT2D eigenvalue weighted by Gasteiger charge is 2.44. The van der Waals surface area contributed by atoms with Crippen molar-refractivity contribution in [2.45, 2.75) is 43.8 Å². The summed E-state index contributed by atoms with van der Waals surface area (Å²) < 4.78 is 15.8. The fourth-order valence-electron chi connectivity index (χ4n) is 1.83. The van der Waals surface area contributed by atoms with Gasteiger partial charge in [-0.2, -0.15) is 5.26 Å². The van der Waals surface area contributed by atoms with E-state index in [2.05, 4.69) is 10.5 Å². The maximum Gasteiger partial charge on any atom is 0.144 e. The van der Waals surface area contributed by atoms with E-state index in [-0.39, 0.29) is 10.2 Å². The number of benzene rings is 1. The quantitative estimate of drug-likeness (QED) is 0.628. The number of nitrogens with zero attached hydrogens (tertiary/aromatic N) is 2. The minimum atomic E-state index is -1.22. The van der Waals surface area contributed by atoms with Crippen LogP contribution in [0.4, 0.5) is 0 Å². The second kappa shape index (κ2) is 4.99. The molecule has 4 heteroatoms. The summed E-state index contributed by atoms with van der Waals surface area (Å²) in [7, 11) is 0. The van der Waals surface area contributed by atoms with Gasteiger partial charge in [0.2, 0.25) is 0 Å². The molecule has 0 heterocycles. The molecule has 19 heavy (non-hydrogen) atoms. The molecular weight excluding hydrogens is 256 g/mol. The predicted octanol–water partition coefficient (Wildman–Crippen LogP) is 3.12. The van der Waals surface area contributed by atoms with Gasteiger partial charge < -0.3 is 4.55 Å². The molecule has 0 saturated heterocycles. The van der Waals surface area contributed by atoms with Crippen LogP contribution in [0, 0.1) is 11.3 Å². The van der Waals surface area contributed by atoms with E-state index in [0.29, 0.717) is 5.56 Å². The molecule has 1 atom stereocenters. The van der Waals surface area contributed by atoms with Gasteiger partial charge in [-0.15, -0.1) is 0 Å². The van der Waals surface area contributed by atoms with Crippen molar-refractivity contribution in [1.29, 1.82) is 5.26 Å². The van der Waals surface area contributed by atoms with E-state index < -0.39 is 11.4 Å². The van der Waals surface area contributed by atoms with E-state index in [0.717, 1.165) is 18.4 Å². The maximum absolute atomic E-state index is 12.0. The first-order valence-corrected chi connectivity index (χ1v) is 7.46. The van der Waals surface area contributed by atoms with Crippen LogP contribution in [-0.2, 0) is 16.8 Å². The summed E-state index contributed by atoms with van der Waals surface area (Å²) in [6.07, 6.45) is 3.84. The van der Waals surface area contributed by atoms with E-state index in [4.69, 9.17) is 5.26 Å². The van der Waals surface area contributed by atoms with Gasteiger partial charge in [0, 0.05) is 5.41 Å². The summed E-state index contributed by atoms with van der Waals surface area (Å²) >= 11 is -1.22. The molecule has 1 fully saturated rings. The maximum atomic E-state index is 12.0. The number of hydrogen-bond donors (Lipinski definition) is 0. The van der Waals surface area contributed by atoms with Crippen LogP contribution in [0.3, 0.4) is 0 Å². The van der Waals surface area contributed by atoms with E-state index in [9.17, 15) is 4.55 Å². The molecule has 0 aromatic heterocycles. The molecule has 0 amide bonds. The number of nitriles is 1. The lowest BCUT2D eigenvalue weighted by molar-refractivity contribution is 0.561. The summed E-state index contributed by atoms with van der Waals surface area (Å²) in [6, 6.07) is 9.75. The van der Waals surface area contributed by atoms with Gasteiger partial charge >= 0.3 is 0 Å². The van der Waals surface area contributed by atoms with Crippen molar-refractivity contribution in [3.8, 4) is 6.07 Å². The van der Waals surface area contributed by atoms with Gasteiger partial charge in [-0.1, -0.05) is 16.5 Å². The van der Waals surface area contributed by atoms with Crippen LogP contribution in [0.1, 0.15) is 44.7 Å². The monoisotopic (exact) mass is 274 g/mol. The van der Waals surface area contributed by atoms with Crippen LogP contribution < -0.4 is 0 Å². The smallest absolute Gasteiger partial charge is 0.144 e. The molecular formula is C15H18N2OS. The third-order valence-corrected chi connectivity index (χ3v) is 4.62. The SMILES string of the molecule is CC(C)(C)[S+]([O-])N=CC1(c2cccc(C#N)c2)CC1. The van der Waals surface area contributed by atoms with Gasteiger partial charge in [0.1, 0.15) is 16.1 Å². The van der Waals surface area contributed by atoms with Crippen LogP contribution in [0.25, 0.3) is 0 Å². The van der Waals surface area contributed by atoms with Gasteiger partial charge in [0.05, 0.1) is 17.8 Å². The first-order valence-electron chi connectivity index (χ1n) is 6.35. The molecule has 1 aliphatic carbocycles. The standard InChI is InChI=1S/C15H18N2OS/c1-14(2,3)19(18)17-11-15(7-8-15)13-6-4-5-12(9-13)10-16/h4-6,9,11H,7-8H2,1-3H3. The first-order chi connectivity index (χ1) is 8.87. The lowest BCUT2D eigenvalue weighted by atomic mass is 9.96. The van der Waals surface area contributed by atoms with Gasteiger partial charge in [-0.25, -0.2) is 0 Å². The summed E-state index contributed by atoms with van der Waals surface area (Å²) in [5.41, 5.74) is 1.66. The predicted molar refractivity (Wildman–Crippen MR) is 78.5 cm³/mol. The molecule has 1 aliphatic rings.